The summed E-state index contributed by atoms with van der Waals surface area (Å²) in [5.41, 5.74) is 5.62. The number of halogens is 1. The van der Waals surface area contributed by atoms with Crippen molar-refractivity contribution in [2.45, 2.75) is 38.6 Å². The fourth-order valence-electron chi connectivity index (χ4n) is 1.81. The molecule has 7 nitrogen and oxygen atoms in total. The Kier molecular flexibility index (Phi) is 6.49. The van der Waals surface area contributed by atoms with Gasteiger partial charge in [0, 0.05) is 17.1 Å². The number of methoxy groups -OCH3 is 1. The molecule has 1 amide bonds. The molecule has 2 unspecified atom stereocenters. The number of nitrogens with one attached hydrogen (secondary N) is 1. The van der Waals surface area contributed by atoms with Crippen molar-refractivity contribution in [2.75, 3.05) is 19.4 Å². The van der Waals surface area contributed by atoms with Crippen LogP contribution in [0.2, 0.25) is 5.02 Å². The minimum Gasteiger partial charge on any atom is -0.495 e. The summed E-state index contributed by atoms with van der Waals surface area (Å²) < 4.78 is 10.1. The number of ether oxygens (including phenoxy) is 2. The molecular weight excluding hydrogens is 324 g/mol. The number of amides is 1. The highest BCUT2D eigenvalue weighted by Gasteiger charge is 2.24. The standard InChI is InChI=1S/C15H23ClN2O5/c1-15(2,3)23-14(21)18-7-11(19)13(20)8-5-12(22-4)10(17)6-9(8)16/h5-6,11,13,19-20H,7,17H2,1-4H3,(H,18,21). The number of hydrogen-bond donors (Lipinski definition) is 4. The Balaban J connectivity index is 2.74. The number of anilines is 1. The van der Waals surface area contributed by atoms with Gasteiger partial charge in [0.25, 0.3) is 0 Å². The molecule has 0 saturated heterocycles. The number of alkyl carbamates (subject to hydrolysis) is 1. The molecule has 1 rings (SSSR count). The van der Waals surface area contributed by atoms with Crippen LogP contribution in [0.1, 0.15) is 32.4 Å². The molecule has 0 bridgehead atoms. The average Bonchev–Trinajstić information content (AvgIpc) is 2.42. The summed E-state index contributed by atoms with van der Waals surface area (Å²) >= 11 is 6.03. The summed E-state index contributed by atoms with van der Waals surface area (Å²) in [6, 6.07) is 2.87. The van der Waals surface area contributed by atoms with Gasteiger partial charge in [-0.05, 0) is 32.9 Å². The van der Waals surface area contributed by atoms with E-state index in [1.165, 1.54) is 19.2 Å². The second-order valence-corrected chi connectivity index (χ2v) is 6.42. The Hall–Kier alpha value is -1.70. The largest absolute Gasteiger partial charge is 0.495 e. The van der Waals surface area contributed by atoms with Crippen molar-refractivity contribution in [3.63, 3.8) is 0 Å². The van der Waals surface area contributed by atoms with Crippen molar-refractivity contribution in [2.24, 2.45) is 0 Å². The second-order valence-electron chi connectivity index (χ2n) is 6.01. The first kappa shape index (κ1) is 19.3. The van der Waals surface area contributed by atoms with Gasteiger partial charge in [-0.25, -0.2) is 4.79 Å². The van der Waals surface area contributed by atoms with Gasteiger partial charge in [-0.2, -0.15) is 0 Å². The van der Waals surface area contributed by atoms with E-state index < -0.39 is 23.9 Å². The highest BCUT2D eigenvalue weighted by Crippen LogP contribution is 2.33. The third kappa shape index (κ3) is 5.78. The number of carbonyl (C=O) groups excluding carboxylic acids is 1. The molecule has 0 spiro atoms. The molecule has 1 aromatic carbocycles. The van der Waals surface area contributed by atoms with Gasteiger partial charge in [0.15, 0.2) is 0 Å². The van der Waals surface area contributed by atoms with Gasteiger partial charge in [-0.3, -0.25) is 0 Å². The highest BCUT2D eigenvalue weighted by atomic mass is 35.5. The van der Waals surface area contributed by atoms with E-state index in [2.05, 4.69) is 5.32 Å². The Morgan fingerprint density at radius 3 is 2.52 bits per heavy atom. The van der Waals surface area contributed by atoms with Crippen LogP contribution >= 0.6 is 11.6 Å². The molecule has 0 aliphatic carbocycles. The number of nitrogens with two attached hydrogens (primary N) is 1. The van der Waals surface area contributed by atoms with Gasteiger partial charge in [-0.15, -0.1) is 0 Å². The molecule has 0 aromatic heterocycles. The first-order valence-electron chi connectivity index (χ1n) is 7.01. The molecule has 0 fully saturated rings. The Labute approximate surface area is 140 Å². The topological polar surface area (TPSA) is 114 Å². The van der Waals surface area contributed by atoms with Gasteiger partial charge in [-0.1, -0.05) is 11.6 Å². The van der Waals surface area contributed by atoms with Gasteiger partial charge in [0.1, 0.15) is 23.6 Å². The summed E-state index contributed by atoms with van der Waals surface area (Å²) in [4.78, 5) is 11.5. The van der Waals surface area contributed by atoms with Crippen LogP contribution in [-0.2, 0) is 4.74 Å². The number of rotatable bonds is 5. The maximum Gasteiger partial charge on any atom is 0.407 e. The Morgan fingerprint density at radius 2 is 2.00 bits per heavy atom. The first-order chi connectivity index (χ1) is 10.5. The van der Waals surface area contributed by atoms with E-state index in [0.717, 1.165) is 0 Å². The number of benzene rings is 1. The van der Waals surface area contributed by atoms with Gasteiger partial charge in [0.2, 0.25) is 0 Å². The minimum absolute atomic E-state index is 0.187. The number of nitrogen functional groups attached to an aromatic ring is 1. The third-order valence-corrected chi connectivity index (χ3v) is 3.21. The SMILES string of the molecule is COc1cc(C(O)C(O)CNC(=O)OC(C)(C)C)c(Cl)cc1N. The lowest BCUT2D eigenvalue weighted by atomic mass is 10.0. The van der Waals surface area contributed by atoms with E-state index in [-0.39, 0.29) is 17.1 Å². The fraction of sp³-hybridized carbons (Fsp3) is 0.533. The quantitative estimate of drug-likeness (QED) is 0.605. The molecular formula is C15H23ClN2O5. The zero-order valence-corrected chi connectivity index (χ0v) is 14.3. The van der Waals surface area contributed by atoms with Gasteiger partial charge in [0.05, 0.1) is 12.8 Å². The molecule has 2 atom stereocenters. The molecule has 8 heteroatoms. The predicted octanol–water partition coefficient (Wildman–Crippen LogP) is 1.85. The van der Waals surface area contributed by atoms with Crippen molar-refractivity contribution in [3.8, 4) is 5.75 Å². The summed E-state index contributed by atoms with van der Waals surface area (Å²) in [6.07, 6.45) is -3.30. The lowest BCUT2D eigenvalue weighted by molar-refractivity contribution is 0.0129. The highest BCUT2D eigenvalue weighted by molar-refractivity contribution is 6.31. The molecule has 5 N–H and O–H groups in total. The van der Waals surface area contributed by atoms with Crippen LogP contribution in [0.5, 0.6) is 5.75 Å². The molecule has 0 saturated carbocycles. The van der Waals surface area contributed by atoms with Crippen molar-refractivity contribution < 1.29 is 24.5 Å². The summed E-state index contributed by atoms with van der Waals surface area (Å²) in [6.45, 7) is 4.95. The van der Waals surface area contributed by atoms with Crippen molar-refractivity contribution in [1.82, 2.24) is 5.32 Å². The van der Waals surface area contributed by atoms with E-state index in [1.54, 1.807) is 20.8 Å². The van der Waals surface area contributed by atoms with Crippen molar-refractivity contribution in [1.29, 1.82) is 0 Å². The maximum atomic E-state index is 11.5. The van der Waals surface area contributed by atoms with Crippen LogP contribution in [0, 0.1) is 0 Å². The Bertz CT molecular complexity index is 560. The smallest absolute Gasteiger partial charge is 0.407 e. The molecule has 1 aromatic rings. The summed E-state index contributed by atoms with van der Waals surface area (Å²) in [7, 11) is 1.43. The number of aliphatic hydroxyl groups excluding tert-OH is 2. The van der Waals surface area contributed by atoms with E-state index in [1.807, 2.05) is 0 Å². The molecule has 0 radical (unpaired) electrons. The molecule has 0 aliphatic heterocycles. The fourth-order valence-corrected chi connectivity index (χ4v) is 2.09. The van der Waals surface area contributed by atoms with Crippen molar-refractivity contribution in [3.05, 3.63) is 22.7 Å². The Morgan fingerprint density at radius 1 is 1.39 bits per heavy atom. The average molecular weight is 347 g/mol. The van der Waals surface area contributed by atoms with Crippen molar-refractivity contribution >= 4 is 23.4 Å². The summed E-state index contributed by atoms with van der Waals surface area (Å²) in [5.74, 6) is 0.329. The van der Waals surface area contributed by atoms with Crippen LogP contribution in [0.15, 0.2) is 12.1 Å². The third-order valence-electron chi connectivity index (χ3n) is 2.89. The van der Waals surface area contributed by atoms with E-state index in [9.17, 15) is 15.0 Å². The molecule has 0 heterocycles. The van der Waals surface area contributed by atoms with Crippen LogP contribution in [-0.4, -0.2) is 41.7 Å². The zero-order chi connectivity index (χ0) is 17.8. The molecule has 0 aliphatic rings. The number of carbonyl (C=O) groups is 1. The maximum absolute atomic E-state index is 11.5. The molecule has 130 valence electrons. The van der Waals surface area contributed by atoms with E-state index >= 15 is 0 Å². The van der Waals surface area contributed by atoms with Crippen LogP contribution in [0.4, 0.5) is 10.5 Å². The van der Waals surface area contributed by atoms with Gasteiger partial charge < -0.3 is 30.7 Å². The van der Waals surface area contributed by atoms with Gasteiger partial charge >= 0.3 is 6.09 Å². The minimum atomic E-state index is -1.33. The van der Waals surface area contributed by atoms with E-state index in [0.29, 0.717) is 11.4 Å². The second kappa shape index (κ2) is 7.72. The predicted molar refractivity (Wildman–Crippen MR) is 87.6 cm³/mol. The number of hydrogen-bond acceptors (Lipinski definition) is 6. The van der Waals surface area contributed by atoms with Crippen LogP contribution < -0.4 is 15.8 Å². The van der Waals surface area contributed by atoms with E-state index in [4.69, 9.17) is 26.8 Å². The zero-order valence-electron chi connectivity index (χ0n) is 13.6. The summed E-state index contributed by atoms with van der Waals surface area (Å²) in [5, 5.41) is 22.8. The van der Waals surface area contributed by atoms with Crippen LogP contribution in [0.3, 0.4) is 0 Å². The monoisotopic (exact) mass is 346 g/mol. The number of aliphatic hydroxyl groups is 2. The lowest BCUT2D eigenvalue weighted by Crippen LogP contribution is -2.38. The molecule has 23 heavy (non-hydrogen) atoms. The van der Waals surface area contributed by atoms with Crippen LogP contribution in [0.25, 0.3) is 0 Å². The lowest BCUT2D eigenvalue weighted by Gasteiger charge is -2.23. The first-order valence-corrected chi connectivity index (χ1v) is 7.39. The normalized spacial score (nSPS) is 14.0.